The van der Waals surface area contributed by atoms with Crippen molar-refractivity contribution in [3.05, 3.63) is 108 Å². The minimum absolute atomic E-state index is 0.110. The molecule has 39 heavy (non-hydrogen) atoms. The summed E-state index contributed by atoms with van der Waals surface area (Å²) in [5.41, 5.74) is 2.82. The highest BCUT2D eigenvalue weighted by molar-refractivity contribution is 5.67. The smallest absolute Gasteiger partial charge is 0.306 e. The van der Waals surface area contributed by atoms with Crippen molar-refractivity contribution < 1.29 is 38.4 Å². The van der Waals surface area contributed by atoms with Crippen LogP contribution in [0.4, 0.5) is 0 Å². The molecule has 0 aromatic heterocycles. The Balaban J connectivity index is 1.64. The SMILES string of the molecule is CC(=O)OC[C@H]1O[C@H](CC(=O)O)[C@@H](OCc2ccccc2)[C@@H](OCc2ccccc2)[C@@H]1OCc1ccccc1. The standard InChI is InChI=1S/C31H34O8/c1-22(32)35-21-27-30(37-19-24-13-7-3-8-14-24)31(38-20-25-15-9-4-10-16-25)29(26(39-27)17-28(33)34)36-18-23-11-5-2-6-12-23/h2-16,26-27,29-31H,17-21H2,1H3,(H,33,34)/t26-,27-,29-,30-,31-/m1/s1. The summed E-state index contributed by atoms with van der Waals surface area (Å²) >= 11 is 0. The maximum absolute atomic E-state index is 11.8. The monoisotopic (exact) mass is 534 g/mol. The molecule has 0 amide bonds. The van der Waals surface area contributed by atoms with Crippen LogP contribution in [0.5, 0.6) is 0 Å². The molecule has 8 heteroatoms. The van der Waals surface area contributed by atoms with Crippen LogP contribution in [0.15, 0.2) is 91.0 Å². The number of hydrogen-bond acceptors (Lipinski definition) is 7. The fraction of sp³-hybridized carbons (Fsp3) is 0.355. The number of benzene rings is 3. The molecule has 1 N–H and O–H groups in total. The molecule has 206 valence electrons. The number of carbonyl (C=O) groups excluding carboxylic acids is 1. The Morgan fingerprint density at radius 2 is 1.08 bits per heavy atom. The summed E-state index contributed by atoms with van der Waals surface area (Å²) in [5.74, 6) is -1.51. The molecule has 1 fully saturated rings. The van der Waals surface area contributed by atoms with Gasteiger partial charge in [0.05, 0.1) is 32.3 Å². The molecule has 0 unspecified atom stereocenters. The molecule has 0 spiro atoms. The summed E-state index contributed by atoms with van der Waals surface area (Å²) in [6.07, 6.45) is -4.12. The van der Waals surface area contributed by atoms with Crippen LogP contribution < -0.4 is 0 Å². The van der Waals surface area contributed by atoms with Crippen molar-refractivity contribution >= 4 is 11.9 Å². The predicted octanol–water partition coefficient (Wildman–Crippen LogP) is 4.55. The van der Waals surface area contributed by atoms with Crippen molar-refractivity contribution in [2.75, 3.05) is 6.61 Å². The van der Waals surface area contributed by atoms with Crippen LogP contribution in [0.3, 0.4) is 0 Å². The van der Waals surface area contributed by atoms with Crippen LogP contribution in [0.25, 0.3) is 0 Å². The largest absolute Gasteiger partial charge is 0.481 e. The third-order valence-corrected chi connectivity index (χ3v) is 6.41. The van der Waals surface area contributed by atoms with Gasteiger partial charge in [-0.05, 0) is 16.7 Å². The van der Waals surface area contributed by atoms with Gasteiger partial charge in [-0.15, -0.1) is 0 Å². The molecule has 1 heterocycles. The molecule has 1 saturated heterocycles. The van der Waals surface area contributed by atoms with Crippen molar-refractivity contribution in [3.63, 3.8) is 0 Å². The van der Waals surface area contributed by atoms with E-state index < -0.39 is 42.5 Å². The summed E-state index contributed by atoms with van der Waals surface area (Å²) in [7, 11) is 0. The predicted molar refractivity (Wildman–Crippen MR) is 143 cm³/mol. The normalized spacial score (nSPS) is 22.7. The molecular weight excluding hydrogens is 500 g/mol. The Labute approximate surface area is 228 Å². The fourth-order valence-electron chi connectivity index (χ4n) is 4.55. The van der Waals surface area contributed by atoms with Gasteiger partial charge in [0.2, 0.25) is 0 Å². The number of rotatable bonds is 13. The molecule has 0 bridgehead atoms. The number of aliphatic carboxylic acids is 1. The number of carboxylic acids is 1. The maximum Gasteiger partial charge on any atom is 0.306 e. The van der Waals surface area contributed by atoms with Crippen LogP contribution in [0, 0.1) is 0 Å². The quantitative estimate of drug-likeness (QED) is 0.319. The van der Waals surface area contributed by atoms with E-state index in [9.17, 15) is 14.7 Å². The van der Waals surface area contributed by atoms with Gasteiger partial charge in [-0.3, -0.25) is 9.59 Å². The van der Waals surface area contributed by atoms with Crippen LogP contribution in [-0.2, 0) is 53.1 Å². The van der Waals surface area contributed by atoms with E-state index in [1.54, 1.807) is 0 Å². The molecule has 0 saturated carbocycles. The summed E-state index contributed by atoms with van der Waals surface area (Å²) in [6.45, 7) is 1.94. The first-order valence-electron chi connectivity index (χ1n) is 13.0. The molecule has 0 aliphatic carbocycles. The van der Waals surface area contributed by atoms with Gasteiger partial charge >= 0.3 is 11.9 Å². The second kappa shape index (κ2) is 14.6. The fourth-order valence-corrected chi connectivity index (χ4v) is 4.55. The summed E-state index contributed by atoms with van der Waals surface area (Å²) in [5, 5.41) is 9.69. The van der Waals surface area contributed by atoms with E-state index in [0.717, 1.165) is 16.7 Å². The van der Waals surface area contributed by atoms with Gasteiger partial charge in [-0.1, -0.05) is 91.0 Å². The van der Waals surface area contributed by atoms with Crippen LogP contribution in [0.1, 0.15) is 30.0 Å². The van der Waals surface area contributed by atoms with E-state index in [-0.39, 0.29) is 32.8 Å². The zero-order valence-corrected chi connectivity index (χ0v) is 21.9. The lowest BCUT2D eigenvalue weighted by atomic mass is 9.92. The number of ether oxygens (including phenoxy) is 5. The van der Waals surface area contributed by atoms with E-state index in [0.29, 0.717) is 0 Å². The average Bonchev–Trinajstić information content (AvgIpc) is 2.95. The van der Waals surface area contributed by atoms with E-state index in [2.05, 4.69) is 0 Å². The highest BCUT2D eigenvalue weighted by Crippen LogP contribution is 2.32. The molecule has 1 aliphatic rings. The molecule has 3 aromatic rings. The lowest BCUT2D eigenvalue weighted by molar-refractivity contribution is -0.271. The highest BCUT2D eigenvalue weighted by Gasteiger charge is 2.49. The molecule has 5 atom stereocenters. The van der Waals surface area contributed by atoms with Gasteiger partial charge in [0, 0.05) is 6.92 Å². The Kier molecular flexibility index (Phi) is 10.6. The topological polar surface area (TPSA) is 101 Å². The molecule has 3 aromatic carbocycles. The van der Waals surface area contributed by atoms with E-state index in [1.165, 1.54) is 6.92 Å². The average molecular weight is 535 g/mol. The van der Waals surface area contributed by atoms with Crippen molar-refractivity contribution in [2.45, 2.75) is 63.7 Å². The highest BCUT2D eigenvalue weighted by atomic mass is 16.6. The third-order valence-electron chi connectivity index (χ3n) is 6.41. The van der Waals surface area contributed by atoms with Crippen molar-refractivity contribution in [1.29, 1.82) is 0 Å². The van der Waals surface area contributed by atoms with E-state index in [1.807, 2.05) is 91.0 Å². The second-order valence-corrected chi connectivity index (χ2v) is 9.40. The van der Waals surface area contributed by atoms with Crippen LogP contribution in [-0.4, -0.2) is 54.2 Å². The number of carbonyl (C=O) groups is 2. The van der Waals surface area contributed by atoms with Gasteiger partial charge < -0.3 is 28.8 Å². The zero-order valence-electron chi connectivity index (χ0n) is 21.9. The van der Waals surface area contributed by atoms with E-state index in [4.69, 9.17) is 23.7 Å². The minimum atomic E-state index is -1.04. The lowest BCUT2D eigenvalue weighted by Gasteiger charge is -2.45. The summed E-state index contributed by atoms with van der Waals surface area (Å²) < 4.78 is 30.7. The number of carboxylic acid groups (broad SMARTS) is 1. The van der Waals surface area contributed by atoms with Gasteiger partial charge in [-0.2, -0.15) is 0 Å². The van der Waals surface area contributed by atoms with Crippen molar-refractivity contribution in [3.8, 4) is 0 Å². The van der Waals surface area contributed by atoms with Crippen molar-refractivity contribution in [1.82, 2.24) is 0 Å². The van der Waals surface area contributed by atoms with Gasteiger partial charge in [-0.25, -0.2) is 0 Å². The van der Waals surface area contributed by atoms with E-state index >= 15 is 0 Å². The van der Waals surface area contributed by atoms with Crippen LogP contribution in [0.2, 0.25) is 0 Å². The Hall–Kier alpha value is -3.56. The van der Waals surface area contributed by atoms with Crippen molar-refractivity contribution in [2.24, 2.45) is 0 Å². The Morgan fingerprint density at radius 1 is 0.667 bits per heavy atom. The lowest BCUT2D eigenvalue weighted by Crippen LogP contribution is -2.61. The maximum atomic E-state index is 11.8. The first-order chi connectivity index (χ1) is 19.0. The van der Waals surface area contributed by atoms with Gasteiger partial charge in [0.15, 0.2) is 0 Å². The molecule has 0 radical (unpaired) electrons. The number of hydrogen-bond donors (Lipinski definition) is 1. The summed E-state index contributed by atoms with van der Waals surface area (Å²) in [6, 6.07) is 28.9. The zero-order chi connectivity index (χ0) is 27.5. The van der Waals surface area contributed by atoms with Gasteiger partial charge in [0.25, 0.3) is 0 Å². The molecular formula is C31H34O8. The first-order valence-corrected chi connectivity index (χ1v) is 13.0. The number of esters is 1. The second-order valence-electron chi connectivity index (χ2n) is 9.40. The minimum Gasteiger partial charge on any atom is -0.481 e. The molecule has 1 aliphatic heterocycles. The Bertz CT molecular complexity index is 1150. The Morgan fingerprint density at radius 3 is 1.49 bits per heavy atom. The van der Waals surface area contributed by atoms with Gasteiger partial charge in [0.1, 0.15) is 31.0 Å². The third kappa shape index (κ3) is 8.73. The molecule has 8 nitrogen and oxygen atoms in total. The molecule has 4 rings (SSSR count). The van der Waals surface area contributed by atoms with Crippen LogP contribution >= 0.6 is 0 Å². The first kappa shape index (κ1) is 28.4. The summed E-state index contributed by atoms with van der Waals surface area (Å²) in [4.78, 5) is 23.5.